The fourth-order valence-electron chi connectivity index (χ4n) is 4.58. The standard InChI is InChI=1S/C23H31N3O3/c1-22(2,3)29-21(28)26-15-19-17(16-10-6-7-11-18(16)24-19)14-23(26,4)20(27)25-12-8-5-9-13-25/h6-7,10-11,24H,5,8-9,12-15H2,1-4H3/t23-/m1/s1. The summed E-state index contributed by atoms with van der Waals surface area (Å²) < 4.78 is 5.70. The van der Waals surface area contributed by atoms with Gasteiger partial charge in [-0.3, -0.25) is 9.69 Å². The van der Waals surface area contributed by atoms with E-state index < -0.39 is 17.2 Å². The first-order chi connectivity index (χ1) is 13.7. The van der Waals surface area contributed by atoms with E-state index in [1.165, 1.54) is 0 Å². The summed E-state index contributed by atoms with van der Waals surface area (Å²) in [4.78, 5) is 33.9. The van der Waals surface area contributed by atoms with Gasteiger partial charge in [0.15, 0.2) is 0 Å². The van der Waals surface area contributed by atoms with Crippen LogP contribution in [0, 0.1) is 0 Å². The average Bonchev–Trinajstić information content (AvgIpc) is 3.03. The molecule has 2 aliphatic rings. The van der Waals surface area contributed by atoms with Gasteiger partial charge in [-0.15, -0.1) is 0 Å². The average molecular weight is 398 g/mol. The Morgan fingerprint density at radius 2 is 1.79 bits per heavy atom. The number of piperidine rings is 1. The van der Waals surface area contributed by atoms with Crippen molar-refractivity contribution >= 4 is 22.9 Å². The van der Waals surface area contributed by atoms with Gasteiger partial charge in [-0.25, -0.2) is 4.79 Å². The minimum atomic E-state index is -0.961. The monoisotopic (exact) mass is 397 g/mol. The minimum absolute atomic E-state index is 0.0268. The lowest BCUT2D eigenvalue weighted by Gasteiger charge is -2.46. The largest absolute Gasteiger partial charge is 0.444 e. The van der Waals surface area contributed by atoms with Gasteiger partial charge in [0.25, 0.3) is 0 Å². The van der Waals surface area contributed by atoms with Crippen molar-refractivity contribution in [1.29, 1.82) is 0 Å². The van der Waals surface area contributed by atoms with Gasteiger partial charge in [-0.2, -0.15) is 0 Å². The van der Waals surface area contributed by atoms with Gasteiger partial charge in [0.1, 0.15) is 11.1 Å². The number of aromatic amines is 1. The summed E-state index contributed by atoms with van der Waals surface area (Å²) in [5, 5.41) is 1.13. The molecule has 1 N–H and O–H groups in total. The normalized spacial score (nSPS) is 22.5. The maximum Gasteiger partial charge on any atom is 0.411 e. The number of carbonyl (C=O) groups excluding carboxylic acids is 2. The Balaban J connectivity index is 1.75. The lowest BCUT2D eigenvalue weighted by Crippen LogP contribution is -2.63. The third-order valence-electron chi connectivity index (χ3n) is 6.05. The third-order valence-corrected chi connectivity index (χ3v) is 6.05. The number of amides is 2. The molecule has 1 aromatic heterocycles. The van der Waals surface area contributed by atoms with Crippen LogP contribution in [0.4, 0.5) is 4.79 Å². The summed E-state index contributed by atoms with van der Waals surface area (Å²) in [5.41, 5.74) is 1.58. The van der Waals surface area contributed by atoms with E-state index in [0.717, 1.165) is 54.5 Å². The molecule has 1 atom stereocenters. The van der Waals surface area contributed by atoms with E-state index in [-0.39, 0.29) is 5.91 Å². The van der Waals surface area contributed by atoms with E-state index >= 15 is 0 Å². The van der Waals surface area contributed by atoms with E-state index in [1.54, 1.807) is 4.90 Å². The molecule has 0 saturated carbocycles. The van der Waals surface area contributed by atoms with Crippen molar-refractivity contribution in [3.05, 3.63) is 35.5 Å². The fraction of sp³-hybridized carbons (Fsp3) is 0.565. The lowest BCUT2D eigenvalue weighted by molar-refractivity contribution is -0.145. The lowest BCUT2D eigenvalue weighted by atomic mass is 9.84. The number of fused-ring (bicyclic) bond motifs is 3. The SMILES string of the molecule is CC(C)(C)OC(=O)N1Cc2[nH]c3ccccc3c2C[C@]1(C)C(=O)N1CCCCC1. The minimum Gasteiger partial charge on any atom is -0.444 e. The maximum absolute atomic E-state index is 13.7. The van der Waals surface area contributed by atoms with Gasteiger partial charge in [0.2, 0.25) is 5.91 Å². The van der Waals surface area contributed by atoms with Crippen molar-refractivity contribution in [3.63, 3.8) is 0 Å². The van der Waals surface area contributed by atoms with Crippen LogP contribution in [0.15, 0.2) is 24.3 Å². The highest BCUT2D eigenvalue weighted by atomic mass is 16.6. The highest BCUT2D eigenvalue weighted by Gasteiger charge is 2.49. The van der Waals surface area contributed by atoms with Crippen LogP contribution >= 0.6 is 0 Å². The molecule has 6 nitrogen and oxygen atoms in total. The number of carbonyl (C=O) groups is 2. The molecule has 1 aromatic carbocycles. The Hall–Kier alpha value is -2.50. The smallest absolute Gasteiger partial charge is 0.411 e. The number of aromatic nitrogens is 1. The van der Waals surface area contributed by atoms with Gasteiger partial charge >= 0.3 is 6.09 Å². The fourth-order valence-corrected chi connectivity index (χ4v) is 4.58. The van der Waals surface area contributed by atoms with Crippen LogP contribution in [0.2, 0.25) is 0 Å². The molecule has 6 heteroatoms. The van der Waals surface area contributed by atoms with Crippen molar-refractivity contribution in [2.75, 3.05) is 13.1 Å². The van der Waals surface area contributed by atoms with Gasteiger partial charge < -0.3 is 14.6 Å². The van der Waals surface area contributed by atoms with Crippen LogP contribution in [0.3, 0.4) is 0 Å². The zero-order valence-corrected chi connectivity index (χ0v) is 17.9. The summed E-state index contributed by atoms with van der Waals surface area (Å²) in [6.07, 6.45) is 3.25. The topological polar surface area (TPSA) is 65.6 Å². The van der Waals surface area contributed by atoms with E-state index in [2.05, 4.69) is 11.1 Å². The second-order valence-electron chi connectivity index (χ2n) is 9.50. The number of para-hydroxylation sites is 1. The molecule has 0 aliphatic carbocycles. The van der Waals surface area contributed by atoms with Crippen LogP contribution < -0.4 is 0 Å². The number of ether oxygens (including phenoxy) is 1. The van der Waals surface area contributed by atoms with E-state index in [1.807, 2.05) is 50.8 Å². The second-order valence-corrected chi connectivity index (χ2v) is 9.50. The molecule has 156 valence electrons. The molecule has 2 amide bonds. The highest BCUT2D eigenvalue weighted by molar-refractivity contribution is 5.93. The molecule has 29 heavy (non-hydrogen) atoms. The molecular formula is C23H31N3O3. The second kappa shape index (κ2) is 7.08. The summed E-state index contributed by atoms with van der Waals surface area (Å²) >= 11 is 0. The molecule has 0 bridgehead atoms. The van der Waals surface area contributed by atoms with Gasteiger partial charge in [-0.05, 0) is 58.6 Å². The Morgan fingerprint density at radius 3 is 2.48 bits per heavy atom. The molecule has 1 fully saturated rings. The van der Waals surface area contributed by atoms with E-state index in [9.17, 15) is 9.59 Å². The predicted octanol–water partition coefficient (Wildman–Crippen LogP) is 4.23. The van der Waals surface area contributed by atoms with Gasteiger partial charge in [0.05, 0.1) is 6.54 Å². The van der Waals surface area contributed by atoms with Crippen LogP contribution in [0.5, 0.6) is 0 Å². The summed E-state index contributed by atoms with van der Waals surface area (Å²) in [6, 6.07) is 8.13. The predicted molar refractivity (Wildman–Crippen MR) is 113 cm³/mol. The van der Waals surface area contributed by atoms with Crippen LogP contribution in [-0.2, 0) is 22.5 Å². The number of likely N-dealkylation sites (tertiary alicyclic amines) is 1. The van der Waals surface area contributed by atoms with Crippen LogP contribution in [0.25, 0.3) is 10.9 Å². The quantitative estimate of drug-likeness (QED) is 0.783. The molecule has 0 unspecified atom stereocenters. The molecule has 2 aromatic rings. The maximum atomic E-state index is 13.7. The van der Waals surface area contributed by atoms with Crippen molar-refractivity contribution < 1.29 is 14.3 Å². The number of benzene rings is 1. The van der Waals surface area contributed by atoms with Crippen molar-refractivity contribution in [1.82, 2.24) is 14.8 Å². The molecule has 0 radical (unpaired) electrons. The first kappa shape index (κ1) is 19.8. The molecule has 4 rings (SSSR count). The van der Waals surface area contributed by atoms with Crippen molar-refractivity contribution in [2.45, 2.75) is 71.1 Å². The van der Waals surface area contributed by atoms with E-state index in [4.69, 9.17) is 4.74 Å². The number of hydrogen-bond donors (Lipinski definition) is 1. The van der Waals surface area contributed by atoms with Crippen LogP contribution in [-0.4, -0.2) is 51.0 Å². The van der Waals surface area contributed by atoms with Crippen molar-refractivity contribution in [2.24, 2.45) is 0 Å². The van der Waals surface area contributed by atoms with Gasteiger partial charge in [0, 0.05) is 36.1 Å². The number of nitrogens with zero attached hydrogens (tertiary/aromatic N) is 2. The Kier molecular flexibility index (Phi) is 4.83. The number of nitrogens with one attached hydrogen (secondary N) is 1. The molecule has 2 aliphatic heterocycles. The zero-order chi connectivity index (χ0) is 20.8. The Bertz CT molecular complexity index is 936. The van der Waals surface area contributed by atoms with Gasteiger partial charge in [-0.1, -0.05) is 18.2 Å². The zero-order valence-electron chi connectivity index (χ0n) is 17.9. The summed E-state index contributed by atoms with van der Waals surface area (Å²) in [5.74, 6) is 0.0268. The van der Waals surface area contributed by atoms with Crippen molar-refractivity contribution in [3.8, 4) is 0 Å². The number of rotatable bonds is 1. The summed E-state index contributed by atoms with van der Waals surface area (Å²) in [7, 11) is 0. The molecule has 3 heterocycles. The first-order valence-corrected chi connectivity index (χ1v) is 10.6. The first-order valence-electron chi connectivity index (χ1n) is 10.6. The Morgan fingerprint density at radius 1 is 1.10 bits per heavy atom. The van der Waals surface area contributed by atoms with E-state index in [0.29, 0.717) is 13.0 Å². The van der Waals surface area contributed by atoms with Crippen LogP contribution in [0.1, 0.15) is 58.2 Å². The Labute approximate surface area is 172 Å². The third kappa shape index (κ3) is 3.61. The summed E-state index contributed by atoms with van der Waals surface area (Å²) in [6.45, 7) is 9.33. The molecule has 0 spiro atoms. The molecular weight excluding hydrogens is 366 g/mol. The molecule has 1 saturated heterocycles. The number of hydrogen-bond acceptors (Lipinski definition) is 3. The number of H-pyrrole nitrogens is 1. The highest BCUT2D eigenvalue weighted by Crippen LogP contribution is 2.37.